The zero-order valence-corrected chi connectivity index (χ0v) is 8.64. The molecule has 5 heteroatoms. The monoisotopic (exact) mass is 227 g/mol. The number of amides is 1. The van der Waals surface area contributed by atoms with Gasteiger partial charge in [-0.2, -0.15) is 4.99 Å². The van der Waals surface area contributed by atoms with Gasteiger partial charge in [-0.25, -0.2) is 0 Å². The van der Waals surface area contributed by atoms with Crippen LogP contribution in [0.2, 0.25) is 5.02 Å². The predicted molar refractivity (Wildman–Crippen MR) is 57.0 cm³/mol. The molecule has 0 aliphatic rings. The summed E-state index contributed by atoms with van der Waals surface area (Å²) in [7, 11) is 0. The SMILES string of the molecule is O=C(COc1cccc(Cl)c1)N=C=S. The van der Waals surface area contributed by atoms with Gasteiger partial charge < -0.3 is 4.74 Å². The second-order valence-electron chi connectivity index (χ2n) is 2.34. The van der Waals surface area contributed by atoms with Crippen molar-refractivity contribution in [3.8, 4) is 5.75 Å². The number of hydrogen-bond acceptors (Lipinski definition) is 3. The lowest BCUT2D eigenvalue weighted by molar-refractivity contribution is -0.119. The zero-order chi connectivity index (χ0) is 10.4. The summed E-state index contributed by atoms with van der Waals surface area (Å²) in [4.78, 5) is 14.1. The van der Waals surface area contributed by atoms with Gasteiger partial charge in [-0.3, -0.25) is 4.79 Å². The molecule has 0 fully saturated rings. The highest BCUT2D eigenvalue weighted by molar-refractivity contribution is 7.78. The number of carbonyl (C=O) groups is 1. The number of isothiocyanates is 1. The Bertz CT molecular complexity index is 388. The maximum Gasteiger partial charge on any atom is 0.292 e. The molecule has 0 saturated heterocycles. The topological polar surface area (TPSA) is 38.7 Å². The second-order valence-corrected chi connectivity index (χ2v) is 2.96. The molecular weight excluding hydrogens is 222 g/mol. The van der Waals surface area contributed by atoms with Crippen LogP contribution >= 0.6 is 23.8 Å². The van der Waals surface area contributed by atoms with Crippen LogP contribution in [-0.2, 0) is 4.79 Å². The van der Waals surface area contributed by atoms with Crippen LogP contribution in [0.4, 0.5) is 0 Å². The van der Waals surface area contributed by atoms with Crippen molar-refractivity contribution in [3.05, 3.63) is 29.3 Å². The molecule has 0 heterocycles. The molecule has 1 aromatic rings. The van der Waals surface area contributed by atoms with E-state index in [0.29, 0.717) is 10.8 Å². The first-order chi connectivity index (χ1) is 6.72. The Morgan fingerprint density at radius 2 is 2.43 bits per heavy atom. The molecule has 0 aliphatic carbocycles. The largest absolute Gasteiger partial charge is 0.484 e. The van der Waals surface area contributed by atoms with Crippen molar-refractivity contribution < 1.29 is 9.53 Å². The summed E-state index contributed by atoms with van der Waals surface area (Å²) in [5, 5.41) is 2.52. The zero-order valence-electron chi connectivity index (χ0n) is 7.07. The maximum atomic E-state index is 10.8. The minimum Gasteiger partial charge on any atom is -0.484 e. The van der Waals surface area contributed by atoms with E-state index < -0.39 is 5.91 Å². The number of carbonyl (C=O) groups excluding carboxylic acids is 1. The highest BCUT2D eigenvalue weighted by Crippen LogP contribution is 2.16. The van der Waals surface area contributed by atoms with Crippen molar-refractivity contribution in [1.29, 1.82) is 0 Å². The molecule has 0 N–H and O–H groups in total. The van der Waals surface area contributed by atoms with Crippen molar-refractivity contribution in [2.75, 3.05) is 6.61 Å². The van der Waals surface area contributed by atoms with Gasteiger partial charge in [0.25, 0.3) is 5.91 Å². The van der Waals surface area contributed by atoms with Crippen LogP contribution in [0.25, 0.3) is 0 Å². The van der Waals surface area contributed by atoms with Gasteiger partial charge >= 0.3 is 0 Å². The van der Waals surface area contributed by atoms with Gasteiger partial charge in [-0.05, 0) is 30.4 Å². The van der Waals surface area contributed by atoms with Crippen LogP contribution < -0.4 is 4.74 Å². The fraction of sp³-hybridized carbons (Fsp3) is 0.111. The third-order valence-corrected chi connectivity index (χ3v) is 1.66. The number of aliphatic imine (C=N–C) groups is 1. The predicted octanol–water partition coefficient (Wildman–Crippen LogP) is 2.35. The summed E-state index contributed by atoms with van der Waals surface area (Å²) in [5.74, 6) is 0.0467. The maximum absolute atomic E-state index is 10.8. The molecule has 1 amide bonds. The lowest BCUT2D eigenvalue weighted by Crippen LogP contribution is -2.07. The van der Waals surface area contributed by atoms with Gasteiger partial charge in [0.2, 0.25) is 0 Å². The standard InChI is InChI=1S/C9H6ClNO2S/c10-7-2-1-3-8(4-7)13-5-9(12)11-6-14/h1-4H,5H2. The molecule has 0 atom stereocenters. The molecular formula is C9H6ClNO2S. The first-order valence-electron chi connectivity index (χ1n) is 3.71. The summed E-state index contributed by atoms with van der Waals surface area (Å²) in [6.07, 6.45) is 0. The molecule has 1 rings (SSSR count). The van der Waals surface area contributed by atoms with Gasteiger partial charge in [0.05, 0.1) is 5.16 Å². The molecule has 0 aliphatic heterocycles. The Balaban J connectivity index is 2.53. The third kappa shape index (κ3) is 3.66. The summed E-state index contributed by atoms with van der Waals surface area (Å²) in [5.41, 5.74) is 0. The highest BCUT2D eigenvalue weighted by atomic mass is 35.5. The van der Waals surface area contributed by atoms with Gasteiger partial charge in [0.15, 0.2) is 6.61 Å². The molecule has 0 saturated carbocycles. The Morgan fingerprint density at radius 1 is 1.64 bits per heavy atom. The van der Waals surface area contributed by atoms with E-state index in [1.807, 2.05) is 5.16 Å². The van der Waals surface area contributed by atoms with E-state index in [0.717, 1.165) is 0 Å². The molecule has 0 aromatic heterocycles. The van der Waals surface area contributed by atoms with Crippen molar-refractivity contribution in [2.45, 2.75) is 0 Å². The molecule has 0 unspecified atom stereocenters. The first-order valence-corrected chi connectivity index (χ1v) is 4.50. The van der Waals surface area contributed by atoms with E-state index >= 15 is 0 Å². The number of ether oxygens (including phenoxy) is 1. The molecule has 0 radical (unpaired) electrons. The molecule has 1 aromatic carbocycles. The van der Waals surface area contributed by atoms with Crippen LogP contribution in [0.3, 0.4) is 0 Å². The first kappa shape index (κ1) is 10.9. The van der Waals surface area contributed by atoms with Gasteiger partial charge in [-0.15, -0.1) is 0 Å². The fourth-order valence-electron chi connectivity index (χ4n) is 0.785. The molecule has 0 spiro atoms. The normalized spacial score (nSPS) is 8.93. The minimum absolute atomic E-state index is 0.163. The van der Waals surface area contributed by atoms with E-state index in [4.69, 9.17) is 16.3 Å². The van der Waals surface area contributed by atoms with E-state index in [1.165, 1.54) is 0 Å². The molecule has 3 nitrogen and oxygen atoms in total. The van der Waals surface area contributed by atoms with E-state index in [1.54, 1.807) is 24.3 Å². The number of halogens is 1. The summed E-state index contributed by atoms with van der Waals surface area (Å²) in [6, 6.07) is 6.74. The summed E-state index contributed by atoms with van der Waals surface area (Å²) in [6.45, 7) is -0.163. The lowest BCUT2D eigenvalue weighted by Gasteiger charge is -2.02. The van der Waals surface area contributed by atoms with Gasteiger partial charge in [-0.1, -0.05) is 17.7 Å². The lowest BCUT2D eigenvalue weighted by atomic mass is 10.3. The van der Waals surface area contributed by atoms with E-state index in [9.17, 15) is 4.79 Å². The second kappa shape index (κ2) is 5.50. The van der Waals surface area contributed by atoms with Crippen LogP contribution in [-0.4, -0.2) is 17.7 Å². The van der Waals surface area contributed by atoms with Gasteiger partial charge in [0, 0.05) is 5.02 Å². The number of rotatable bonds is 3. The number of hydrogen-bond donors (Lipinski definition) is 0. The highest BCUT2D eigenvalue weighted by Gasteiger charge is 2.00. The number of nitrogens with zero attached hydrogens (tertiary/aromatic N) is 1. The third-order valence-electron chi connectivity index (χ3n) is 1.33. The molecule has 72 valence electrons. The Hall–Kier alpha value is -1.22. The summed E-state index contributed by atoms with van der Waals surface area (Å²) >= 11 is 9.97. The minimum atomic E-state index is -0.472. The summed E-state index contributed by atoms with van der Waals surface area (Å²) < 4.78 is 5.09. The quantitative estimate of drug-likeness (QED) is 0.588. The van der Waals surface area contributed by atoms with E-state index in [-0.39, 0.29) is 6.61 Å². The van der Waals surface area contributed by atoms with Crippen molar-refractivity contribution >= 4 is 34.9 Å². The number of benzene rings is 1. The average Bonchev–Trinajstić information content (AvgIpc) is 2.15. The van der Waals surface area contributed by atoms with E-state index in [2.05, 4.69) is 17.2 Å². The molecule has 0 bridgehead atoms. The van der Waals surface area contributed by atoms with Crippen LogP contribution in [0.5, 0.6) is 5.75 Å². The average molecular weight is 228 g/mol. The van der Waals surface area contributed by atoms with Crippen molar-refractivity contribution in [3.63, 3.8) is 0 Å². The Labute approximate surface area is 91.4 Å². The smallest absolute Gasteiger partial charge is 0.292 e. The van der Waals surface area contributed by atoms with Crippen LogP contribution in [0.15, 0.2) is 29.3 Å². The Morgan fingerprint density at radius 3 is 3.07 bits per heavy atom. The van der Waals surface area contributed by atoms with Crippen molar-refractivity contribution in [2.24, 2.45) is 4.99 Å². The Kier molecular flexibility index (Phi) is 4.26. The van der Waals surface area contributed by atoms with Crippen molar-refractivity contribution in [1.82, 2.24) is 0 Å². The number of thiocarbonyl (C=S) groups is 1. The van der Waals surface area contributed by atoms with Crippen LogP contribution in [0.1, 0.15) is 0 Å². The van der Waals surface area contributed by atoms with Crippen LogP contribution in [0, 0.1) is 0 Å². The fourth-order valence-corrected chi connectivity index (χ4v) is 1.07. The molecule has 14 heavy (non-hydrogen) atoms. The van der Waals surface area contributed by atoms with Gasteiger partial charge in [0.1, 0.15) is 5.75 Å².